The van der Waals surface area contributed by atoms with E-state index in [2.05, 4.69) is 15.6 Å². The molecule has 0 bridgehead atoms. The van der Waals surface area contributed by atoms with Gasteiger partial charge >= 0.3 is 6.03 Å². The molecule has 0 unspecified atom stereocenters. The lowest BCUT2D eigenvalue weighted by molar-refractivity contribution is -0.133. The monoisotopic (exact) mass is 450 g/mol. The zero-order chi connectivity index (χ0) is 22.9. The van der Waals surface area contributed by atoms with Crippen molar-refractivity contribution in [2.24, 2.45) is 0 Å². The quantitative estimate of drug-likeness (QED) is 0.560. The standard InChI is InChI=1S/C23H22N4O4S/c1-14-24-19(13-32-14)15-5-4-6-17(11-15)25-20(28)12-27-21(29)23(2,26-22(27)30)16-7-9-18(31-3)10-8-16/h4-11,13H,12H2,1-3H3,(H,25,28)(H,26,30)/t23-/m0/s1. The number of aromatic nitrogens is 1. The van der Waals surface area contributed by atoms with Crippen LogP contribution in [0.15, 0.2) is 53.9 Å². The van der Waals surface area contributed by atoms with Crippen LogP contribution < -0.4 is 15.4 Å². The minimum atomic E-state index is -1.26. The summed E-state index contributed by atoms with van der Waals surface area (Å²) in [5.41, 5.74) is 1.60. The van der Waals surface area contributed by atoms with E-state index in [4.69, 9.17) is 4.74 Å². The molecule has 4 amide bonds. The highest BCUT2D eigenvalue weighted by molar-refractivity contribution is 7.09. The first-order valence-corrected chi connectivity index (χ1v) is 10.8. The highest BCUT2D eigenvalue weighted by atomic mass is 32.1. The number of carbonyl (C=O) groups is 3. The number of urea groups is 1. The minimum Gasteiger partial charge on any atom is -0.497 e. The Labute approximate surface area is 189 Å². The van der Waals surface area contributed by atoms with Gasteiger partial charge < -0.3 is 15.4 Å². The summed E-state index contributed by atoms with van der Waals surface area (Å²) >= 11 is 1.55. The summed E-state index contributed by atoms with van der Waals surface area (Å²) in [7, 11) is 1.55. The molecule has 9 heteroatoms. The summed E-state index contributed by atoms with van der Waals surface area (Å²) in [5.74, 6) is -0.325. The number of anilines is 1. The SMILES string of the molecule is COc1ccc([C@]2(C)NC(=O)N(CC(=O)Nc3cccc(-c4csc(C)n4)c3)C2=O)cc1. The predicted molar refractivity (Wildman–Crippen MR) is 122 cm³/mol. The summed E-state index contributed by atoms with van der Waals surface area (Å²) < 4.78 is 5.14. The number of ether oxygens (including phenoxy) is 1. The maximum absolute atomic E-state index is 13.0. The fraction of sp³-hybridized carbons (Fsp3) is 0.217. The predicted octanol–water partition coefficient (Wildman–Crippen LogP) is 3.53. The molecule has 164 valence electrons. The number of nitrogens with zero attached hydrogens (tertiary/aromatic N) is 2. The van der Waals surface area contributed by atoms with E-state index in [0.29, 0.717) is 17.0 Å². The van der Waals surface area contributed by atoms with Crippen molar-refractivity contribution in [3.8, 4) is 17.0 Å². The second kappa shape index (κ2) is 8.43. The zero-order valence-electron chi connectivity index (χ0n) is 17.8. The molecule has 2 N–H and O–H groups in total. The Balaban J connectivity index is 1.46. The molecular weight excluding hydrogens is 428 g/mol. The smallest absolute Gasteiger partial charge is 0.325 e. The average Bonchev–Trinajstić information content (AvgIpc) is 3.31. The van der Waals surface area contributed by atoms with Gasteiger partial charge in [-0.2, -0.15) is 0 Å². The summed E-state index contributed by atoms with van der Waals surface area (Å²) in [6.07, 6.45) is 0. The second-order valence-corrected chi connectivity index (χ2v) is 8.62. The van der Waals surface area contributed by atoms with Gasteiger partial charge in [-0.15, -0.1) is 11.3 Å². The lowest BCUT2D eigenvalue weighted by atomic mass is 9.92. The molecule has 0 saturated carbocycles. The van der Waals surface area contributed by atoms with Gasteiger partial charge in [0.1, 0.15) is 17.8 Å². The van der Waals surface area contributed by atoms with Crippen LogP contribution in [0.4, 0.5) is 10.5 Å². The van der Waals surface area contributed by atoms with E-state index in [-0.39, 0.29) is 0 Å². The van der Waals surface area contributed by atoms with Gasteiger partial charge in [-0.05, 0) is 43.7 Å². The summed E-state index contributed by atoms with van der Waals surface area (Å²) in [6, 6.07) is 13.5. The Hall–Kier alpha value is -3.72. The fourth-order valence-corrected chi connectivity index (χ4v) is 4.18. The third-order valence-corrected chi connectivity index (χ3v) is 6.08. The number of benzene rings is 2. The molecule has 3 aromatic rings. The number of methoxy groups -OCH3 is 1. The summed E-state index contributed by atoms with van der Waals surface area (Å²) in [6.45, 7) is 3.15. The molecular formula is C23H22N4O4S. The molecule has 32 heavy (non-hydrogen) atoms. The number of rotatable bonds is 6. The Morgan fingerprint density at radius 1 is 1.22 bits per heavy atom. The number of hydrogen-bond donors (Lipinski definition) is 2. The lowest BCUT2D eigenvalue weighted by Gasteiger charge is -2.22. The number of nitrogens with one attached hydrogen (secondary N) is 2. The molecule has 0 spiro atoms. The van der Waals surface area contributed by atoms with Crippen LogP contribution in [0.25, 0.3) is 11.3 Å². The Morgan fingerprint density at radius 2 is 1.97 bits per heavy atom. The van der Waals surface area contributed by atoms with Crippen molar-refractivity contribution in [2.75, 3.05) is 19.0 Å². The van der Waals surface area contributed by atoms with Crippen molar-refractivity contribution < 1.29 is 19.1 Å². The third kappa shape index (κ3) is 4.06. The first kappa shape index (κ1) is 21.5. The normalized spacial score (nSPS) is 17.9. The Bertz CT molecular complexity index is 1190. The van der Waals surface area contributed by atoms with Crippen LogP contribution >= 0.6 is 11.3 Å². The molecule has 1 aliphatic rings. The van der Waals surface area contributed by atoms with Gasteiger partial charge in [-0.25, -0.2) is 9.78 Å². The molecule has 0 radical (unpaired) electrons. The van der Waals surface area contributed by atoms with Crippen molar-refractivity contribution >= 4 is 34.9 Å². The van der Waals surface area contributed by atoms with E-state index in [1.54, 1.807) is 61.8 Å². The number of imide groups is 1. The van der Waals surface area contributed by atoms with Crippen LogP contribution in [0, 0.1) is 6.92 Å². The van der Waals surface area contributed by atoms with E-state index in [1.165, 1.54) is 0 Å². The molecule has 1 fully saturated rings. The fourth-order valence-electron chi connectivity index (χ4n) is 3.56. The molecule has 1 aliphatic heterocycles. The van der Waals surface area contributed by atoms with E-state index in [1.807, 2.05) is 24.4 Å². The van der Waals surface area contributed by atoms with Gasteiger partial charge in [0.15, 0.2) is 0 Å². The topological polar surface area (TPSA) is 101 Å². The van der Waals surface area contributed by atoms with E-state index >= 15 is 0 Å². The minimum absolute atomic E-state index is 0.392. The molecule has 2 aromatic carbocycles. The molecule has 1 aromatic heterocycles. The van der Waals surface area contributed by atoms with Gasteiger partial charge in [0.25, 0.3) is 5.91 Å². The highest BCUT2D eigenvalue weighted by Gasteiger charge is 2.49. The number of carbonyl (C=O) groups excluding carboxylic acids is 3. The number of aryl methyl sites for hydroxylation is 1. The average molecular weight is 451 g/mol. The molecule has 1 saturated heterocycles. The number of hydrogen-bond acceptors (Lipinski definition) is 6. The number of amides is 4. The second-order valence-electron chi connectivity index (χ2n) is 7.56. The molecule has 4 rings (SSSR count). The van der Waals surface area contributed by atoms with Gasteiger partial charge in [0, 0.05) is 16.6 Å². The van der Waals surface area contributed by atoms with Gasteiger partial charge in [-0.1, -0.05) is 24.3 Å². The van der Waals surface area contributed by atoms with E-state index in [9.17, 15) is 14.4 Å². The van der Waals surface area contributed by atoms with Crippen LogP contribution in [0.5, 0.6) is 5.75 Å². The molecule has 1 atom stereocenters. The third-order valence-electron chi connectivity index (χ3n) is 5.31. The Morgan fingerprint density at radius 3 is 2.62 bits per heavy atom. The van der Waals surface area contributed by atoms with Gasteiger partial charge in [-0.3, -0.25) is 14.5 Å². The first-order chi connectivity index (χ1) is 15.3. The molecule has 8 nitrogen and oxygen atoms in total. The summed E-state index contributed by atoms with van der Waals surface area (Å²) in [4.78, 5) is 43.6. The van der Waals surface area contributed by atoms with E-state index in [0.717, 1.165) is 21.2 Å². The van der Waals surface area contributed by atoms with Crippen molar-refractivity contribution in [3.05, 3.63) is 64.5 Å². The van der Waals surface area contributed by atoms with E-state index < -0.39 is 29.9 Å². The largest absolute Gasteiger partial charge is 0.497 e. The zero-order valence-corrected chi connectivity index (χ0v) is 18.7. The van der Waals surface area contributed by atoms with Gasteiger partial charge in [0.2, 0.25) is 5.91 Å². The lowest BCUT2D eigenvalue weighted by Crippen LogP contribution is -2.42. The van der Waals surface area contributed by atoms with Crippen LogP contribution in [-0.2, 0) is 15.1 Å². The van der Waals surface area contributed by atoms with Crippen LogP contribution in [-0.4, -0.2) is 41.4 Å². The highest BCUT2D eigenvalue weighted by Crippen LogP contribution is 2.30. The van der Waals surface area contributed by atoms with Crippen molar-refractivity contribution in [1.29, 1.82) is 0 Å². The van der Waals surface area contributed by atoms with Crippen molar-refractivity contribution in [3.63, 3.8) is 0 Å². The summed E-state index contributed by atoms with van der Waals surface area (Å²) in [5, 5.41) is 8.35. The number of thiazole rings is 1. The first-order valence-electron chi connectivity index (χ1n) is 9.91. The molecule has 0 aliphatic carbocycles. The maximum Gasteiger partial charge on any atom is 0.325 e. The van der Waals surface area contributed by atoms with Crippen molar-refractivity contribution in [1.82, 2.24) is 15.2 Å². The van der Waals surface area contributed by atoms with Crippen molar-refractivity contribution in [2.45, 2.75) is 19.4 Å². The van der Waals surface area contributed by atoms with Crippen LogP contribution in [0.2, 0.25) is 0 Å². The van der Waals surface area contributed by atoms with Gasteiger partial charge in [0.05, 0.1) is 17.8 Å². The maximum atomic E-state index is 13.0. The molecule has 2 heterocycles. The van der Waals surface area contributed by atoms with Crippen LogP contribution in [0.3, 0.4) is 0 Å². The van der Waals surface area contributed by atoms with Crippen LogP contribution in [0.1, 0.15) is 17.5 Å². The Kier molecular flexibility index (Phi) is 5.67.